The molecule has 0 unspecified atom stereocenters. The summed E-state index contributed by atoms with van der Waals surface area (Å²) in [6.45, 7) is 1.26. The molecule has 9 heteroatoms. The summed E-state index contributed by atoms with van der Waals surface area (Å²) in [5, 5.41) is 4.74. The molecule has 6 nitrogen and oxygen atoms in total. The fourth-order valence-electron chi connectivity index (χ4n) is 3.85. The summed E-state index contributed by atoms with van der Waals surface area (Å²) in [7, 11) is 1.62. The molecule has 0 bridgehead atoms. The van der Waals surface area contributed by atoms with Crippen LogP contribution in [0.5, 0.6) is 5.75 Å². The number of benzene rings is 1. The Kier molecular flexibility index (Phi) is 5.55. The summed E-state index contributed by atoms with van der Waals surface area (Å²) in [5.74, 6) is 0.614. The van der Waals surface area contributed by atoms with Crippen LogP contribution in [0.15, 0.2) is 47.5 Å². The highest BCUT2D eigenvalue weighted by Gasteiger charge is 2.28. The van der Waals surface area contributed by atoms with Crippen molar-refractivity contribution in [2.24, 2.45) is 7.05 Å². The molecule has 3 heterocycles. The molecule has 1 aliphatic heterocycles. The zero-order valence-corrected chi connectivity index (χ0v) is 16.6. The Morgan fingerprint density at radius 3 is 2.67 bits per heavy atom. The van der Waals surface area contributed by atoms with Crippen molar-refractivity contribution in [3.63, 3.8) is 0 Å². The Morgan fingerprint density at radius 1 is 1.20 bits per heavy atom. The minimum absolute atomic E-state index is 0.000385. The lowest BCUT2D eigenvalue weighted by Crippen LogP contribution is -2.38. The maximum absolute atomic E-state index is 12.8. The number of alkyl halides is 3. The van der Waals surface area contributed by atoms with E-state index in [9.17, 15) is 18.0 Å². The largest absolute Gasteiger partial charge is 0.490 e. The molecular formula is C21H23F3N4O2. The lowest BCUT2D eigenvalue weighted by Gasteiger charge is -2.32. The summed E-state index contributed by atoms with van der Waals surface area (Å²) in [6.07, 6.45) is 0.492. The number of ether oxygens (including phenoxy) is 1. The lowest BCUT2D eigenvalue weighted by atomic mass is 10.1. The first-order valence-corrected chi connectivity index (χ1v) is 9.84. The number of nitrogens with zero attached hydrogens (tertiary/aromatic N) is 4. The van der Waals surface area contributed by atoms with Crippen LogP contribution in [0.25, 0.3) is 10.9 Å². The highest BCUT2D eigenvalue weighted by molar-refractivity contribution is 5.86. The van der Waals surface area contributed by atoms with Crippen molar-refractivity contribution < 1.29 is 17.9 Å². The van der Waals surface area contributed by atoms with E-state index in [-0.39, 0.29) is 11.7 Å². The van der Waals surface area contributed by atoms with Gasteiger partial charge in [0, 0.05) is 44.3 Å². The molecule has 0 atom stereocenters. The number of hydrogen-bond acceptors (Lipinski definition) is 4. The Morgan fingerprint density at radius 2 is 1.97 bits per heavy atom. The molecular weight excluding hydrogens is 397 g/mol. The highest BCUT2D eigenvalue weighted by Crippen LogP contribution is 2.31. The van der Waals surface area contributed by atoms with Crippen molar-refractivity contribution in [2.45, 2.75) is 38.2 Å². The SMILES string of the molecule is Cn1ncc(CN2CCC(Oc3cccc4c3ccn4CC(F)(F)F)CC2)cc1=O. The third-order valence-electron chi connectivity index (χ3n) is 5.38. The number of fused-ring (bicyclic) bond motifs is 1. The normalized spacial score (nSPS) is 16.3. The van der Waals surface area contributed by atoms with Crippen LogP contribution in [0, 0.1) is 0 Å². The zero-order chi connectivity index (χ0) is 21.3. The highest BCUT2D eigenvalue weighted by atomic mass is 19.4. The van der Waals surface area contributed by atoms with Crippen molar-refractivity contribution >= 4 is 10.9 Å². The van der Waals surface area contributed by atoms with Gasteiger partial charge in [-0.3, -0.25) is 9.69 Å². The van der Waals surface area contributed by atoms with E-state index in [4.69, 9.17) is 4.74 Å². The van der Waals surface area contributed by atoms with Crippen molar-refractivity contribution in [3.05, 3.63) is 58.6 Å². The first kappa shape index (κ1) is 20.5. The molecule has 0 saturated carbocycles. The van der Waals surface area contributed by atoms with Gasteiger partial charge < -0.3 is 9.30 Å². The maximum atomic E-state index is 12.8. The van der Waals surface area contributed by atoms with E-state index in [1.807, 2.05) is 0 Å². The summed E-state index contributed by atoms with van der Waals surface area (Å²) in [4.78, 5) is 14.0. The molecule has 0 N–H and O–H groups in total. The van der Waals surface area contributed by atoms with Gasteiger partial charge in [-0.15, -0.1) is 0 Å². The molecule has 1 fully saturated rings. The number of likely N-dealkylation sites (tertiary alicyclic amines) is 1. The van der Waals surface area contributed by atoms with Crippen LogP contribution in [0.1, 0.15) is 18.4 Å². The van der Waals surface area contributed by atoms with Gasteiger partial charge in [-0.1, -0.05) is 6.07 Å². The smallest absolute Gasteiger partial charge is 0.406 e. The Balaban J connectivity index is 1.38. The molecule has 1 aliphatic rings. The van der Waals surface area contributed by atoms with Crippen molar-refractivity contribution in [2.75, 3.05) is 13.1 Å². The van der Waals surface area contributed by atoms with E-state index in [0.29, 0.717) is 23.2 Å². The molecule has 0 radical (unpaired) electrons. The first-order valence-electron chi connectivity index (χ1n) is 9.84. The zero-order valence-electron chi connectivity index (χ0n) is 16.6. The Labute approximate surface area is 171 Å². The van der Waals surface area contributed by atoms with E-state index in [0.717, 1.165) is 31.5 Å². The topological polar surface area (TPSA) is 52.3 Å². The second-order valence-electron chi connectivity index (χ2n) is 7.67. The van der Waals surface area contributed by atoms with Crippen molar-refractivity contribution in [1.29, 1.82) is 0 Å². The van der Waals surface area contributed by atoms with Crippen molar-refractivity contribution in [3.8, 4) is 5.75 Å². The van der Waals surface area contributed by atoms with Crippen LogP contribution in [-0.4, -0.2) is 44.6 Å². The second kappa shape index (κ2) is 8.14. The van der Waals surface area contributed by atoms with Gasteiger partial charge in [0.05, 0.1) is 11.7 Å². The number of aromatic nitrogens is 3. The van der Waals surface area contributed by atoms with E-state index >= 15 is 0 Å². The van der Waals surface area contributed by atoms with Gasteiger partial charge in [0.15, 0.2) is 0 Å². The number of rotatable bonds is 5. The molecule has 2 aromatic heterocycles. The van der Waals surface area contributed by atoms with Crippen LogP contribution in [0.3, 0.4) is 0 Å². The fraction of sp³-hybridized carbons (Fsp3) is 0.429. The van der Waals surface area contributed by atoms with Crippen LogP contribution in [-0.2, 0) is 20.1 Å². The van der Waals surface area contributed by atoms with Gasteiger partial charge in [0.1, 0.15) is 18.4 Å². The first-order chi connectivity index (χ1) is 14.3. The van der Waals surface area contributed by atoms with Gasteiger partial charge in [0.2, 0.25) is 0 Å². The van der Waals surface area contributed by atoms with Gasteiger partial charge >= 0.3 is 6.18 Å². The van der Waals surface area contributed by atoms with Gasteiger partial charge in [-0.2, -0.15) is 18.3 Å². The molecule has 160 valence electrons. The molecule has 4 rings (SSSR count). The number of halogens is 3. The molecule has 0 amide bonds. The standard InChI is InChI=1S/C21H23F3N4O2/c1-26-20(29)11-15(12-25-26)13-27-8-5-16(6-9-27)30-19-4-2-3-18-17(19)7-10-28(18)14-21(22,23)24/h2-4,7,10-12,16H,5-6,8-9,13-14H2,1H3. The van der Waals surface area contributed by atoms with E-state index < -0.39 is 12.7 Å². The summed E-state index contributed by atoms with van der Waals surface area (Å²) >= 11 is 0. The van der Waals surface area contributed by atoms with Gasteiger partial charge in [-0.25, -0.2) is 4.68 Å². The number of piperidine rings is 1. The van der Waals surface area contributed by atoms with Crippen LogP contribution >= 0.6 is 0 Å². The molecule has 0 spiro atoms. The quantitative estimate of drug-likeness (QED) is 0.635. The summed E-state index contributed by atoms with van der Waals surface area (Å²) < 4.78 is 47.0. The average Bonchev–Trinajstić information content (AvgIpc) is 3.09. The third kappa shape index (κ3) is 4.67. The molecule has 1 saturated heterocycles. The summed E-state index contributed by atoms with van der Waals surface area (Å²) in [6, 6.07) is 8.48. The average molecular weight is 420 g/mol. The van der Waals surface area contributed by atoms with Gasteiger partial charge in [0.25, 0.3) is 5.56 Å². The minimum Gasteiger partial charge on any atom is -0.490 e. The van der Waals surface area contributed by atoms with Crippen LogP contribution in [0.2, 0.25) is 0 Å². The van der Waals surface area contributed by atoms with E-state index in [1.54, 1.807) is 43.6 Å². The molecule has 0 aliphatic carbocycles. The van der Waals surface area contributed by atoms with Crippen LogP contribution < -0.4 is 10.3 Å². The lowest BCUT2D eigenvalue weighted by molar-refractivity contribution is -0.139. The molecule has 1 aromatic carbocycles. The predicted molar refractivity (Wildman–Crippen MR) is 106 cm³/mol. The van der Waals surface area contributed by atoms with Crippen molar-refractivity contribution in [1.82, 2.24) is 19.2 Å². The molecule has 30 heavy (non-hydrogen) atoms. The van der Waals surface area contributed by atoms with E-state index in [1.165, 1.54) is 15.4 Å². The van der Waals surface area contributed by atoms with E-state index in [2.05, 4.69) is 10.00 Å². The monoisotopic (exact) mass is 420 g/mol. The number of aryl methyl sites for hydroxylation is 1. The maximum Gasteiger partial charge on any atom is 0.406 e. The second-order valence-corrected chi connectivity index (χ2v) is 7.67. The number of hydrogen-bond donors (Lipinski definition) is 0. The van der Waals surface area contributed by atoms with Gasteiger partial charge in [-0.05, 0) is 36.6 Å². The van der Waals surface area contributed by atoms with Crippen LogP contribution in [0.4, 0.5) is 13.2 Å². The minimum atomic E-state index is -4.27. The Bertz CT molecular complexity index is 1080. The predicted octanol–water partition coefficient (Wildman–Crippen LogP) is 3.34. The Hall–Kier alpha value is -2.81. The summed E-state index contributed by atoms with van der Waals surface area (Å²) in [5.41, 5.74) is 1.27. The fourth-order valence-corrected chi connectivity index (χ4v) is 3.85. The molecule has 3 aromatic rings. The third-order valence-corrected chi connectivity index (χ3v) is 5.38.